The minimum absolute atomic E-state index is 0.0703. The van der Waals surface area contributed by atoms with E-state index in [1.807, 2.05) is 6.07 Å². The van der Waals surface area contributed by atoms with Gasteiger partial charge in [0.1, 0.15) is 23.1 Å². The Morgan fingerprint density at radius 1 is 1.30 bits per heavy atom. The summed E-state index contributed by atoms with van der Waals surface area (Å²) in [6.07, 6.45) is 1.71. The van der Waals surface area contributed by atoms with Crippen LogP contribution in [0.4, 0.5) is 0 Å². The molecule has 0 aliphatic heterocycles. The van der Waals surface area contributed by atoms with Gasteiger partial charge in [0.25, 0.3) is 0 Å². The molecule has 9 heteroatoms. The van der Waals surface area contributed by atoms with Crippen LogP contribution < -0.4 is 5.32 Å². The summed E-state index contributed by atoms with van der Waals surface area (Å²) >= 11 is 0. The SMILES string of the molecule is Cc1nonc1CC(=O)N[C@@H](C)c1nc(-c2ccccn2)no1. The highest BCUT2D eigenvalue weighted by Gasteiger charge is 2.19. The molecule has 3 heterocycles. The number of nitrogens with one attached hydrogen (secondary N) is 1. The molecule has 1 atom stereocenters. The molecule has 0 saturated carbocycles. The summed E-state index contributed by atoms with van der Waals surface area (Å²) in [6.45, 7) is 3.47. The van der Waals surface area contributed by atoms with Crippen LogP contribution in [0, 0.1) is 6.92 Å². The highest BCUT2D eigenvalue weighted by molar-refractivity contribution is 5.78. The Hall–Kier alpha value is -3.10. The van der Waals surface area contributed by atoms with Crippen LogP contribution in [0.2, 0.25) is 0 Å². The fourth-order valence-electron chi connectivity index (χ4n) is 1.93. The summed E-state index contributed by atoms with van der Waals surface area (Å²) in [5.41, 5.74) is 1.68. The van der Waals surface area contributed by atoms with E-state index < -0.39 is 6.04 Å². The first kappa shape index (κ1) is 14.8. The van der Waals surface area contributed by atoms with E-state index in [0.29, 0.717) is 28.8 Å². The van der Waals surface area contributed by atoms with E-state index in [0.717, 1.165) is 0 Å². The molecule has 0 radical (unpaired) electrons. The van der Waals surface area contributed by atoms with E-state index in [4.69, 9.17) is 4.52 Å². The molecule has 1 amide bonds. The largest absolute Gasteiger partial charge is 0.344 e. The number of hydrogen-bond donors (Lipinski definition) is 1. The van der Waals surface area contributed by atoms with Crippen molar-refractivity contribution in [1.29, 1.82) is 0 Å². The zero-order chi connectivity index (χ0) is 16.2. The molecule has 0 spiro atoms. The standard InChI is InChI=1S/C14H14N6O3/c1-8-11(19-23-18-8)7-12(21)16-9(2)14-17-13(20-22-14)10-5-3-4-6-15-10/h3-6,9H,7H2,1-2H3,(H,16,21)/t9-/m0/s1. The molecule has 3 rings (SSSR count). The highest BCUT2D eigenvalue weighted by atomic mass is 16.6. The lowest BCUT2D eigenvalue weighted by Gasteiger charge is -2.08. The van der Waals surface area contributed by atoms with Gasteiger partial charge in [0.05, 0.1) is 6.42 Å². The van der Waals surface area contributed by atoms with E-state index >= 15 is 0 Å². The molecule has 3 aromatic rings. The Labute approximate surface area is 131 Å². The molecule has 0 aliphatic carbocycles. The number of aryl methyl sites for hydroxylation is 1. The first-order valence-corrected chi connectivity index (χ1v) is 6.96. The van der Waals surface area contributed by atoms with E-state index in [1.54, 1.807) is 32.2 Å². The Morgan fingerprint density at radius 2 is 2.17 bits per heavy atom. The monoisotopic (exact) mass is 314 g/mol. The topological polar surface area (TPSA) is 120 Å². The number of nitrogens with zero attached hydrogens (tertiary/aromatic N) is 5. The number of carbonyl (C=O) groups is 1. The lowest BCUT2D eigenvalue weighted by atomic mass is 10.2. The van der Waals surface area contributed by atoms with Crippen molar-refractivity contribution in [1.82, 2.24) is 30.8 Å². The van der Waals surface area contributed by atoms with Crippen LogP contribution in [-0.2, 0) is 11.2 Å². The van der Waals surface area contributed by atoms with Gasteiger partial charge in [-0.15, -0.1) is 0 Å². The Bertz CT molecular complexity index is 798. The minimum atomic E-state index is -0.437. The molecule has 0 aliphatic rings. The summed E-state index contributed by atoms with van der Waals surface area (Å²) in [4.78, 5) is 20.4. The third kappa shape index (κ3) is 3.39. The van der Waals surface area contributed by atoms with Crippen LogP contribution in [0.25, 0.3) is 11.5 Å². The van der Waals surface area contributed by atoms with Crippen LogP contribution in [0.15, 0.2) is 33.5 Å². The van der Waals surface area contributed by atoms with Crippen LogP contribution >= 0.6 is 0 Å². The van der Waals surface area contributed by atoms with Crippen molar-refractivity contribution in [2.45, 2.75) is 26.3 Å². The number of hydrogen-bond acceptors (Lipinski definition) is 8. The smallest absolute Gasteiger partial charge is 0.249 e. The van der Waals surface area contributed by atoms with Gasteiger partial charge in [-0.1, -0.05) is 21.5 Å². The van der Waals surface area contributed by atoms with E-state index in [9.17, 15) is 4.79 Å². The predicted octanol–water partition coefficient (Wildman–Crippen LogP) is 1.24. The zero-order valence-corrected chi connectivity index (χ0v) is 12.6. The second-order valence-electron chi connectivity index (χ2n) is 4.93. The molecule has 0 saturated heterocycles. The summed E-state index contributed by atoms with van der Waals surface area (Å²) in [5, 5.41) is 13.9. The highest BCUT2D eigenvalue weighted by Crippen LogP contribution is 2.16. The quantitative estimate of drug-likeness (QED) is 0.747. The van der Waals surface area contributed by atoms with Gasteiger partial charge in [-0.3, -0.25) is 9.78 Å². The van der Waals surface area contributed by atoms with Crippen molar-refractivity contribution in [3.63, 3.8) is 0 Å². The van der Waals surface area contributed by atoms with Gasteiger partial charge >= 0.3 is 0 Å². The molecule has 23 heavy (non-hydrogen) atoms. The Morgan fingerprint density at radius 3 is 2.87 bits per heavy atom. The number of amides is 1. The molecule has 3 aromatic heterocycles. The Kier molecular flexibility index (Phi) is 4.09. The van der Waals surface area contributed by atoms with Crippen LogP contribution in [-0.4, -0.2) is 31.3 Å². The molecular weight excluding hydrogens is 300 g/mol. The van der Waals surface area contributed by atoms with Crippen molar-refractivity contribution < 1.29 is 13.9 Å². The second-order valence-corrected chi connectivity index (χ2v) is 4.93. The number of carbonyl (C=O) groups excluding carboxylic acids is 1. The van der Waals surface area contributed by atoms with Crippen LogP contribution in [0.5, 0.6) is 0 Å². The molecule has 0 aromatic carbocycles. The fourth-order valence-corrected chi connectivity index (χ4v) is 1.93. The molecule has 0 bridgehead atoms. The maximum absolute atomic E-state index is 12.0. The number of pyridine rings is 1. The third-order valence-corrected chi connectivity index (χ3v) is 3.16. The van der Waals surface area contributed by atoms with Crippen molar-refractivity contribution >= 4 is 5.91 Å². The van der Waals surface area contributed by atoms with Crippen molar-refractivity contribution in [3.8, 4) is 11.5 Å². The lowest BCUT2D eigenvalue weighted by Crippen LogP contribution is -2.28. The maximum atomic E-state index is 12.0. The van der Waals surface area contributed by atoms with Crippen molar-refractivity contribution in [2.24, 2.45) is 0 Å². The average Bonchev–Trinajstić information content (AvgIpc) is 3.18. The lowest BCUT2D eigenvalue weighted by molar-refractivity contribution is -0.121. The van der Waals surface area contributed by atoms with Gasteiger partial charge in [-0.2, -0.15) is 4.98 Å². The normalized spacial score (nSPS) is 12.1. The van der Waals surface area contributed by atoms with Gasteiger partial charge < -0.3 is 9.84 Å². The van der Waals surface area contributed by atoms with Gasteiger partial charge in [0, 0.05) is 6.20 Å². The number of rotatable bonds is 5. The number of aromatic nitrogens is 5. The summed E-state index contributed by atoms with van der Waals surface area (Å²) in [7, 11) is 0. The summed E-state index contributed by atoms with van der Waals surface area (Å²) in [5.74, 6) is 0.432. The second kappa shape index (κ2) is 6.34. The summed E-state index contributed by atoms with van der Waals surface area (Å²) in [6, 6.07) is 4.97. The Balaban J connectivity index is 1.64. The predicted molar refractivity (Wildman–Crippen MR) is 76.8 cm³/mol. The van der Waals surface area contributed by atoms with Gasteiger partial charge in [0.2, 0.25) is 17.6 Å². The van der Waals surface area contributed by atoms with E-state index in [-0.39, 0.29) is 12.3 Å². The van der Waals surface area contributed by atoms with Crippen molar-refractivity contribution in [2.75, 3.05) is 0 Å². The molecule has 118 valence electrons. The third-order valence-electron chi connectivity index (χ3n) is 3.16. The molecule has 0 fully saturated rings. The van der Waals surface area contributed by atoms with Crippen LogP contribution in [0.3, 0.4) is 0 Å². The first-order valence-electron chi connectivity index (χ1n) is 6.96. The maximum Gasteiger partial charge on any atom is 0.249 e. The molecular formula is C14H14N6O3. The molecule has 9 nitrogen and oxygen atoms in total. The minimum Gasteiger partial charge on any atom is -0.344 e. The first-order chi connectivity index (χ1) is 11.1. The van der Waals surface area contributed by atoms with Gasteiger partial charge in [-0.25, -0.2) is 4.63 Å². The van der Waals surface area contributed by atoms with Crippen LogP contribution in [0.1, 0.15) is 30.2 Å². The average molecular weight is 314 g/mol. The van der Waals surface area contributed by atoms with Gasteiger partial charge in [0.15, 0.2) is 0 Å². The van der Waals surface area contributed by atoms with Crippen molar-refractivity contribution in [3.05, 3.63) is 41.7 Å². The summed E-state index contributed by atoms with van der Waals surface area (Å²) < 4.78 is 9.74. The van der Waals surface area contributed by atoms with E-state index in [2.05, 4.69) is 35.4 Å². The van der Waals surface area contributed by atoms with E-state index in [1.165, 1.54) is 0 Å². The van der Waals surface area contributed by atoms with Gasteiger partial charge in [-0.05, 0) is 26.0 Å². The molecule has 1 N–H and O–H groups in total. The molecule has 0 unspecified atom stereocenters. The zero-order valence-electron chi connectivity index (χ0n) is 12.6. The fraction of sp³-hybridized carbons (Fsp3) is 0.286.